The summed E-state index contributed by atoms with van der Waals surface area (Å²) in [6.07, 6.45) is 0. The summed E-state index contributed by atoms with van der Waals surface area (Å²) in [5.74, 6) is -0.861. The Morgan fingerprint density at radius 1 is 1.33 bits per heavy atom. The molecule has 18 heavy (non-hydrogen) atoms. The standard InChI is InChI=1S/C12H12BrF2N3/c1-6-11(13)12(16)18(17-6)7(2)10-8(14)4-3-5-9(10)15/h3-5,7H,16H2,1-2H3. The van der Waals surface area contributed by atoms with E-state index >= 15 is 0 Å². The van der Waals surface area contributed by atoms with Crippen molar-refractivity contribution in [3.63, 3.8) is 0 Å². The molecule has 0 aliphatic carbocycles. The van der Waals surface area contributed by atoms with Crippen LogP contribution in [0, 0.1) is 18.6 Å². The molecule has 0 radical (unpaired) electrons. The molecular formula is C12H12BrF2N3. The summed E-state index contributed by atoms with van der Waals surface area (Å²) in [6, 6.07) is 3.15. The number of hydrogen-bond acceptors (Lipinski definition) is 2. The monoisotopic (exact) mass is 315 g/mol. The Kier molecular flexibility index (Phi) is 3.38. The van der Waals surface area contributed by atoms with E-state index in [2.05, 4.69) is 21.0 Å². The average Bonchev–Trinajstić information content (AvgIpc) is 2.56. The molecule has 1 heterocycles. The molecule has 2 N–H and O–H groups in total. The van der Waals surface area contributed by atoms with Crippen LogP contribution in [0.25, 0.3) is 0 Å². The number of hydrogen-bond donors (Lipinski definition) is 1. The van der Waals surface area contributed by atoms with E-state index in [1.54, 1.807) is 13.8 Å². The summed E-state index contributed by atoms with van der Waals surface area (Å²) in [5, 5.41) is 4.18. The summed E-state index contributed by atoms with van der Waals surface area (Å²) in [6.45, 7) is 3.41. The first-order valence-electron chi connectivity index (χ1n) is 5.37. The fraction of sp³-hybridized carbons (Fsp3) is 0.250. The van der Waals surface area contributed by atoms with Crippen LogP contribution in [-0.2, 0) is 0 Å². The third-order valence-electron chi connectivity index (χ3n) is 2.83. The highest BCUT2D eigenvalue weighted by atomic mass is 79.9. The van der Waals surface area contributed by atoms with Crippen molar-refractivity contribution in [2.45, 2.75) is 19.9 Å². The van der Waals surface area contributed by atoms with Gasteiger partial charge in [0.15, 0.2) is 0 Å². The molecule has 0 amide bonds. The van der Waals surface area contributed by atoms with E-state index < -0.39 is 17.7 Å². The van der Waals surface area contributed by atoms with Gasteiger partial charge in [0, 0.05) is 5.56 Å². The van der Waals surface area contributed by atoms with Gasteiger partial charge in [-0.05, 0) is 41.9 Å². The van der Waals surface area contributed by atoms with Gasteiger partial charge in [-0.15, -0.1) is 0 Å². The van der Waals surface area contributed by atoms with Gasteiger partial charge in [-0.3, -0.25) is 0 Å². The Balaban J connectivity index is 2.55. The number of aromatic nitrogens is 2. The number of rotatable bonds is 2. The number of aryl methyl sites for hydroxylation is 1. The van der Waals surface area contributed by atoms with Crippen LogP contribution in [-0.4, -0.2) is 9.78 Å². The summed E-state index contributed by atoms with van der Waals surface area (Å²) in [7, 11) is 0. The Hall–Kier alpha value is -1.43. The molecule has 0 saturated carbocycles. The largest absolute Gasteiger partial charge is 0.383 e. The van der Waals surface area contributed by atoms with Crippen LogP contribution >= 0.6 is 15.9 Å². The highest BCUT2D eigenvalue weighted by molar-refractivity contribution is 9.10. The predicted octanol–water partition coefficient (Wildman–Crippen LogP) is 3.42. The summed E-state index contributed by atoms with van der Waals surface area (Å²) in [5.41, 5.74) is 6.49. The first-order chi connectivity index (χ1) is 8.43. The van der Waals surface area contributed by atoms with Crippen LogP contribution in [0.15, 0.2) is 22.7 Å². The first kappa shape index (κ1) is 13.0. The molecule has 0 spiro atoms. The van der Waals surface area contributed by atoms with Crippen molar-refractivity contribution in [1.29, 1.82) is 0 Å². The topological polar surface area (TPSA) is 43.8 Å². The Morgan fingerprint density at radius 3 is 2.33 bits per heavy atom. The van der Waals surface area contributed by atoms with E-state index in [0.29, 0.717) is 16.0 Å². The van der Waals surface area contributed by atoms with Crippen molar-refractivity contribution >= 4 is 21.7 Å². The predicted molar refractivity (Wildman–Crippen MR) is 69.2 cm³/mol. The maximum Gasteiger partial charge on any atom is 0.137 e. The molecule has 1 aromatic heterocycles. The van der Waals surface area contributed by atoms with Gasteiger partial charge >= 0.3 is 0 Å². The third-order valence-corrected chi connectivity index (χ3v) is 3.81. The maximum atomic E-state index is 13.7. The van der Waals surface area contributed by atoms with Crippen molar-refractivity contribution in [2.24, 2.45) is 0 Å². The number of nitrogens with zero attached hydrogens (tertiary/aromatic N) is 2. The minimum Gasteiger partial charge on any atom is -0.383 e. The molecule has 1 atom stereocenters. The zero-order valence-electron chi connectivity index (χ0n) is 9.92. The van der Waals surface area contributed by atoms with Gasteiger partial charge in [-0.25, -0.2) is 13.5 Å². The van der Waals surface area contributed by atoms with Crippen LogP contribution in [0.1, 0.15) is 24.2 Å². The van der Waals surface area contributed by atoms with Crippen LogP contribution in [0.2, 0.25) is 0 Å². The summed E-state index contributed by atoms with van der Waals surface area (Å²) >= 11 is 3.28. The minimum atomic E-state index is -0.615. The molecule has 0 saturated heterocycles. The van der Waals surface area contributed by atoms with Gasteiger partial charge < -0.3 is 5.73 Å². The van der Waals surface area contributed by atoms with Crippen LogP contribution in [0.3, 0.4) is 0 Å². The molecule has 3 nitrogen and oxygen atoms in total. The molecule has 0 fully saturated rings. The lowest BCUT2D eigenvalue weighted by Crippen LogP contribution is -2.14. The van der Waals surface area contributed by atoms with Gasteiger partial charge in [-0.1, -0.05) is 6.07 Å². The zero-order chi connectivity index (χ0) is 13.4. The number of nitrogens with two attached hydrogens (primary N) is 1. The van der Waals surface area contributed by atoms with Gasteiger partial charge in [0.2, 0.25) is 0 Å². The van der Waals surface area contributed by atoms with Crippen LogP contribution in [0.5, 0.6) is 0 Å². The SMILES string of the molecule is Cc1nn(C(C)c2c(F)cccc2F)c(N)c1Br. The maximum absolute atomic E-state index is 13.7. The molecule has 0 bridgehead atoms. The van der Waals surface area contributed by atoms with Gasteiger partial charge in [0.1, 0.15) is 17.5 Å². The molecule has 0 aliphatic heterocycles. The van der Waals surface area contributed by atoms with Crippen molar-refractivity contribution in [3.05, 3.63) is 45.6 Å². The van der Waals surface area contributed by atoms with E-state index in [4.69, 9.17) is 5.73 Å². The third kappa shape index (κ3) is 2.01. The number of halogens is 3. The Morgan fingerprint density at radius 2 is 1.89 bits per heavy atom. The van der Waals surface area contributed by atoms with E-state index in [9.17, 15) is 8.78 Å². The Labute approximate surface area is 112 Å². The second kappa shape index (κ2) is 4.68. The van der Waals surface area contributed by atoms with Crippen molar-refractivity contribution in [3.8, 4) is 0 Å². The second-order valence-electron chi connectivity index (χ2n) is 4.04. The molecule has 2 rings (SSSR count). The smallest absolute Gasteiger partial charge is 0.137 e. The molecule has 96 valence electrons. The molecule has 1 aromatic carbocycles. The molecule has 0 aliphatic rings. The van der Waals surface area contributed by atoms with E-state index in [1.165, 1.54) is 22.9 Å². The minimum absolute atomic E-state index is 0.0424. The van der Waals surface area contributed by atoms with Crippen LogP contribution in [0.4, 0.5) is 14.6 Å². The fourth-order valence-corrected chi connectivity index (χ4v) is 2.13. The van der Waals surface area contributed by atoms with Crippen molar-refractivity contribution in [1.82, 2.24) is 9.78 Å². The normalized spacial score (nSPS) is 12.7. The lowest BCUT2D eigenvalue weighted by Gasteiger charge is -2.15. The fourth-order valence-electron chi connectivity index (χ4n) is 1.87. The van der Waals surface area contributed by atoms with Crippen molar-refractivity contribution < 1.29 is 8.78 Å². The summed E-state index contributed by atoms with van der Waals surface area (Å²) < 4.78 is 29.4. The number of benzene rings is 1. The Bertz CT molecular complexity index is 575. The molecule has 2 aromatic rings. The van der Waals surface area contributed by atoms with Crippen molar-refractivity contribution in [2.75, 3.05) is 5.73 Å². The van der Waals surface area contributed by atoms with E-state index in [1.807, 2.05) is 0 Å². The average molecular weight is 316 g/mol. The summed E-state index contributed by atoms with van der Waals surface area (Å²) in [4.78, 5) is 0. The molecular weight excluding hydrogens is 304 g/mol. The highest BCUT2D eigenvalue weighted by Gasteiger charge is 2.21. The molecule has 1 unspecified atom stereocenters. The van der Waals surface area contributed by atoms with Crippen LogP contribution < -0.4 is 5.73 Å². The van der Waals surface area contributed by atoms with Gasteiger partial charge in [0.05, 0.1) is 16.2 Å². The van der Waals surface area contributed by atoms with E-state index in [0.717, 1.165) is 0 Å². The lowest BCUT2D eigenvalue weighted by molar-refractivity contribution is 0.484. The number of nitrogen functional groups attached to an aromatic ring is 1. The first-order valence-corrected chi connectivity index (χ1v) is 6.16. The molecule has 6 heteroatoms. The second-order valence-corrected chi connectivity index (χ2v) is 4.83. The number of anilines is 1. The van der Waals surface area contributed by atoms with Gasteiger partial charge in [-0.2, -0.15) is 5.10 Å². The lowest BCUT2D eigenvalue weighted by atomic mass is 10.1. The van der Waals surface area contributed by atoms with Gasteiger partial charge in [0.25, 0.3) is 0 Å². The highest BCUT2D eigenvalue weighted by Crippen LogP contribution is 2.30. The van der Waals surface area contributed by atoms with E-state index in [-0.39, 0.29) is 5.56 Å². The zero-order valence-corrected chi connectivity index (χ0v) is 11.5. The quantitative estimate of drug-likeness (QED) is 0.922.